The summed E-state index contributed by atoms with van der Waals surface area (Å²) in [4.78, 5) is 11.5. The van der Waals surface area contributed by atoms with Gasteiger partial charge in [0.15, 0.2) is 0 Å². The fraction of sp³-hybridized carbons (Fsp3) is 0.462. The Morgan fingerprint density at radius 2 is 2.25 bits per heavy atom. The molecule has 2 bridgehead atoms. The molecule has 2 saturated heterocycles. The third-order valence-electron chi connectivity index (χ3n) is 3.58. The van der Waals surface area contributed by atoms with Crippen molar-refractivity contribution in [1.82, 2.24) is 5.32 Å². The van der Waals surface area contributed by atoms with E-state index in [1.54, 1.807) is 12.1 Å². The first-order valence-corrected chi connectivity index (χ1v) is 7.03. The summed E-state index contributed by atoms with van der Waals surface area (Å²) >= 11 is 3.33. The van der Waals surface area contributed by atoms with Crippen molar-refractivity contribution < 1.29 is 14.3 Å². The maximum atomic E-state index is 11.5. The van der Waals surface area contributed by atoms with Gasteiger partial charge in [-0.1, -0.05) is 15.9 Å². The van der Waals surface area contributed by atoms with E-state index < -0.39 is 5.91 Å². The average Bonchev–Trinajstić information content (AvgIpc) is 2.62. The van der Waals surface area contributed by atoms with Crippen LogP contribution in [-0.4, -0.2) is 37.8 Å². The van der Waals surface area contributed by atoms with Gasteiger partial charge in [0, 0.05) is 23.5 Å². The van der Waals surface area contributed by atoms with Gasteiger partial charge in [0.05, 0.1) is 12.2 Å². The third kappa shape index (κ3) is 2.93. The zero-order valence-electron chi connectivity index (χ0n) is 10.7. The average molecular weight is 364 g/mol. The van der Waals surface area contributed by atoms with Crippen molar-refractivity contribution in [3.63, 3.8) is 0 Å². The highest BCUT2D eigenvalue weighted by Crippen LogP contribution is 2.31. The number of hydrogen-bond donors (Lipinski definition) is 2. The molecule has 3 N–H and O–H groups in total. The Balaban J connectivity index is 0.00000147. The molecule has 5 nitrogen and oxygen atoms in total. The summed E-state index contributed by atoms with van der Waals surface area (Å²) in [6.45, 7) is 2.36. The van der Waals surface area contributed by atoms with Crippen LogP contribution in [0.3, 0.4) is 0 Å². The predicted molar refractivity (Wildman–Crippen MR) is 80.4 cm³/mol. The Morgan fingerprint density at radius 3 is 2.95 bits per heavy atom. The Labute approximate surface area is 131 Å². The summed E-state index contributed by atoms with van der Waals surface area (Å²) < 4.78 is 12.5. The molecule has 0 saturated carbocycles. The van der Waals surface area contributed by atoms with E-state index in [2.05, 4.69) is 21.2 Å². The monoisotopic (exact) mass is 362 g/mol. The fourth-order valence-corrected chi connectivity index (χ4v) is 2.98. The van der Waals surface area contributed by atoms with Gasteiger partial charge in [-0.05, 0) is 18.2 Å². The van der Waals surface area contributed by atoms with Crippen LogP contribution in [0.5, 0.6) is 5.75 Å². The van der Waals surface area contributed by atoms with Gasteiger partial charge >= 0.3 is 0 Å². The van der Waals surface area contributed by atoms with Crippen LogP contribution in [0.25, 0.3) is 0 Å². The Bertz CT molecular complexity index is 498. The highest BCUT2D eigenvalue weighted by molar-refractivity contribution is 9.10. The van der Waals surface area contributed by atoms with Gasteiger partial charge in [-0.2, -0.15) is 0 Å². The lowest BCUT2D eigenvalue weighted by molar-refractivity contribution is 0.0435. The van der Waals surface area contributed by atoms with E-state index in [4.69, 9.17) is 15.2 Å². The Hall–Kier alpha value is -0.820. The molecule has 3 rings (SSSR count). The van der Waals surface area contributed by atoms with Gasteiger partial charge in [-0.15, -0.1) is 12.4 Å². The molecule has 2 heterocycles. The van der Waals surface area contributed by atoms with E-state index >= 15 is 0 Å². The number of ether oxygens (including phenoxy) is 2. The maximum absolute atomic E-state index is 11.5. The van der Waals surface area contributed by atoms with E-state index in [1.807, 2.05) is 6.07 Å². The number of amides is 1. The number of fused-ring (bicyclic) bond motifs is 2. The number of halogens is 2. The molecule has 20 heavy (non-hydrogen) atoms. The zero-order valence-corrected chi connectivity index (χ0v) is 13.1. The molecule has 0 aromatic heterocycles. The summed E-state index contributed by atoms with van der Waals surface area (Å²) in [6, 6.07) is 5.29. The number of nitrogens with one attached hydrogen (secondary N) is 1. The number of piperidine rings is 1. The van der Waals surface area contributed by atoms with Gasteiger partial charge in [0.25, 0.3) is 5.91 Å². The summed E-state index contributed by atoms with van der Waals surface area (Å²) in [5.41, 5.74) is 5.79. The van der Waals surface area contributed by atoms with Gasteiger partial charge in [0.1, 0.15) is 18.0 Å². The minimum atomic E-state index is -0.488. The number of hydrogen-bond acceptors (Lipinski definition) is 4. The van der Waals surface area contributed by atoms with Crippen LogP contribution in [-0.2, 0) is 4.74 Å². The maximum Gasteiger partial charge on any atom is 0.252 e. The topological polar surface area (TPSA) is 73.6 Å². The first kappa shape index (κ1) is 15.6. The van der Waals surface area contributed by atoms with Crippen LogP contribution in [0.1, 0.15) is 10.4 Å². The highest BCUT2D eigenvalue weighted by Gasteiger charge is 2.42. The van der Waals surface area contributed by atoms with Crippen LogP contribution in [0.15, 0.2) is 22.7 Å². The number of primary amides is 1. The molecular weight excluding hydrogens is 348 g/mol. The van der Waals surface area contributed by atoms with Crippen LogP contribution >= 0.6 is 28.3 Å². The van der Waals surface area contributed by atoms with E-state index in [-0.39, 0.29) is 24.6 Å². The fourth-order valence-electron chi connectivity index (χ4n) is 2.62. The normalized spacial score (nSPS) is 27.8. The molecule has 1 unspecified atom stereocenters. The molecule has 3 atom stereocenters. The van der Waals surface area contributed by atoms with Crippen LogP contribution in [0.4, 0.5) is 0 Å². The van der Waals surface area contributed by atoms with Crippen molar-refractivity contribution in [1.29, 1.82) is 0 Å². The number of benzene rings is 1. The minimum Gasteiger partial charge on any atom is -0.486 e. The molecule has 0 aliphatic carbocycles. The molecule has 110 valence electrons. The van der Waals surface area contributed by atoms with Crippen LogP contribution in [0, 0.1) is 5.92 Å². The first-order chi connectivity index (χ1) is 9.15. The van der Waals surface area contributed by atoms with Gasteiger partial charge in [-0.25, -0.2) is 0 Å². The van der Waals surface area contributed by atoms with Crippen LogP contribution < -0.4 is 15.8 Å². The van der Waals surface area contributed by atoms with Crippen molar-refractivity contribution in [2.24, 2.45) is 11.7 Å². The lowest BCUT2D eigenvalue weighted by atomic mass is 9.98. The second-order valence-electron chi connectivity index (χ2n) is 4.88. The van der Waals surface area contributed by atoms with E-state index in [0.717, 1.165) is 17.6 Å². The quantitative estimate of drug-likeness (QED) is 0.850. The van der Waals surface area contributed by atoms with Crippen molar-refractivity contribution in [2.75, 3.05) is 19.7 Å². The molecule has 0 spiro atoms. The van der Waals surface area contributed by atoms with Crippen molar-refractivity contribution in [3.8, 4) is 5.75 Å². The third-order valence-corrected chi connectivity index (χ3v) is 4.07. The molecule has 2 aliphatic rings. The van der Waals surface area contributed by atoms with Crippen LogP contribution in [0.2, 0.25) is 0 Å². The smallest absolute Gasteiger partial charge is 0.252 e. The Morgan fingerprint density at radius 1 is 1.45 bits per heavy atom. The predicted octanol–water partition coefficient (Wildman–Crippen LogP) is 1.34. The molecule has 2 fully saturated rings. The number of rotatable bonds is 3. The molecule has 1 aromatic rings. The summed E-state index contributed by atoms with van der Waals surface area (Å²) in [7, 11) is 0. The molecule has 0 radical (unpaired) electrons. The number of nitrogens with two attached hydrogens (primary N) is 1. The van der Waals surface area contributed by atoms with E-state index in [1.165, 1.54) is 0 Å². The summed E-state index contributed by atoms with van der Waals surface area (Å²) in [6.07, 6.45) is 0.0312. The van der Waals surface area contributed by atoms with Crippen molar-refractivity contribution in [3.05, 3.63) is 28.2 Å². The largest absolute Gasteiger partial charge is 0.486 e. The van der Waals surface area contributed by atoms with Gasteiger partial charge in [-0.3, -0.25) is 4.79 Å². The second kappa shape index (κ2) is 6.30. The molecule has 2 aliphatic heterocycles. The summed E-state index contributed by atoms with van der Waals surface area (Å²) in [5, 5.41) is 3.30. The molecule has 7 heteroatoms. The van der Waals surface area contributed by atoms with Gasteiger partial charge in [0.2, 0.25) is 0 Å². The standard InChI is InChI=1S/C13H15BrN2O3.ClH/c14-8-1-2-10(9(3-8)13(15)17)19-12-7-4-16-5-11(12)18-6-7;/h1-3,7,11-12,16H,4-6H2,(H2,15,17);1H/t7-,11-,12?;/m0./s1. The summed E-state index contributed by atoms with van der Waals surface area (Å²) in [5.74, 6) is 0.365. The molecular formula is C13H16BrClN2O3. The minimum absolute atomic E-state index is 0. The number of carbonyl (C=O) groups excluding carboxylic acids is 1. The second-order valence-corrected chi connectivity index (χ2v) is 5.79. The van der Waals surface area contributed by atoms with Gasteiger partial charge < -0.3 is 20.5 Å². The highest BCUT2D eigenvalue weighted by atomic mass is 79.9. The Kier molecular flexibility index (Phi) is 4.90. The lowest BCUT2D eigenvalue weighted by Crippen LogP contribution is -2.48. The SMILES string of the molecule is Cl.NC(=O)c1cc(Br)ccc1OC1[C@H]2CNC[C@@H]1OC2. The first-order valence-electron chi connectivity index (χ1n) is 6.23. The zero-order chi connectivity index (χ0) is 13.4. The van der Waals surface area contributed by atoms with Crippen molar-refractivity contribution >= 4 is 34.2 Å². The lowest BCUT2D eigenvalue weighted by Gasteiger charge is -2.29. The van der Waals surface area contributed by atoms with E-state index in [0.29, 0.717) is 23.8 Å². The molecule has 1 amide bonds. The van der Waals surface area contributed by atoms with Crippen molar-refractivity contribution in [2.45, 2.75) is 12.2 Å². The van der Waals surface area contributed by atoms with E-state index in [9.17, 15) is 4.79 Å². The molecule has 1 aromatic carbocycles. The number of carbonyl (C=O) groups is 1.